The Labute approximate surface area is 94.6 Å². The molecule has 0 aromatic carbocycles. The second kappa shape index (κ2) is 5.83. The number of likely N-dealkylation sites (N-methyl/N-ethyl adjacent to an activating group) is 1. The van der Waals surface area contributed by atoms with Gasteiger partial charge in [-0.2, -0.15) is 0 Å². The molecule has 0 amide bonds. The highest BCUT2D eigenvalue weighted by Crippen LogP contribution is 2.16. The SMILES string of the molecule is CC(C)CN1CC(C)N(C)C(CCN)C1. The van der Waals surface area contributed by atoms with E-state index in [1.165, 1.54) is 19.6 Å². The van der Waals surface area contributed by atoms with Gasteiger partial charge in [0, 0.05) is 31.7 Å². The maximum absolute atomic E-state index is 5.67. The van der Waals surface area contributed by atoms with Crippen LogP contribution in [0.4, 0.5) is 0 Å². The van der Waals surface area contributed by atoms with Gasteiger partial charge in [0.2, 0.25) is 0 Å². The van der Waals surface area contributed by atoms with Crippen molar-refractivity contribution in [3.63, 3.8) is 0 Å². The predicted molar refractivity (Wildman–Crippen MR) is 66.0 cm³/mol. The Morgan fingerprint density at radius 1 is 1.33 bits per heavy atom. The highest BCUT2D eigenvalue weighted by molar-refractivity contribution is 4.85. The molecule has 2 unspecified atom stereocenters. The number of nitrogens with two attached hydrogens (primary N) is 1. The molecule has 2 atom stereocenters. The van der Waals surface area contributed by atoms with Gasteiger partial charge in [-0.25, -0.2) is 0 Å². The molecule has 2 N–H and O–H groups in total. The second-order valence-corrected chi connectivity index (χ2v) is 5.36. The van der Waals surface area contributed by atoms with Crippen molar-refractivity contribution < 1.29 is 0 Å². The summed E-state index contributed by atoms with van der Waals surface area (Å²) in [5.74, 6) is 0.763. The van der Waals surface area contributed by atoms with Gasteiger partial charge in [0.05, 0.1) is 0 Å². The monoisotopic (exact) mass is 213 g/mol. The maximum atomic E-state index is 5.67. The highest BCUT2D eigenvalue weighted by Gasteiger charge is 2.28. The summed E-state index contributed by atoms with van der Waals surface area (Å²) in [6, 6.07) is 1.31. The van der Waals surface area contributed by atoms with Gasteiger partial charge < -0.3 is 5.73 Å². The van der Waals surface area contributed by atoms with E-state index < -0.39 is 0 Å². The van der Waals surface area contributed by atoms with Gasteiger partial charge >= 0.3 is 0 Å². The molecule has 1 heterocycles. The molecule has 0 spiro atoms. The Morgan fingerprint density at radius 3 is 2.53 bits per heavy atom. The Morgan fingerprint density at radius 2 is 2.00 bits per heavy atom. The third-order valence-corrected chi connectivity index (χ3v) is 3.39. The largest absolute Gasteiger partial charge is 0.330 e. The van der Waals surface area contributed by atoms with Gasteiger partial charge in [-0.3, -0.25) is 9.80 Å². The third kappa shape index (κ3) is 3.74. The summed E-state index contributed by atoms with van der Waals surface area (Å²) in [7, 11) is 2.23. The van der Waals surface area contributed by atoms with Crippen LogP contribution < -0.4 is 5.73 Å². The summed E-state index contributed by atoms with van der Waals surface area (Å²) < 4.78 is 0. The third-order valence-electron chi connectivity index (χ3n) is 3.39. The number of hydrogen-bond donors (Lipinski definition) is 1. The quantitative estimate of drug-likeness (QED) is 0.756. The van der Waals surface area contributed by atoms with Crippen LogP contribution in [0.3, 0.4) is 0 Å². The van der Waals surface area contributed by atoms with E-state index in [4.69, 9.17) is 5.73 Å². The number of nitrogens with zero attached hydrogens (tertiary/aromatic N) is 2. The first-order valence-electron chi connectivity index (χ1n) is 6.19. The van der Waals surface area contributed by atoms with E-state index in [1.54, 1.807) is 0 Å². The van der Waals surface area contributed by atoms with Crippen LogP contribution in [-0.2, 0) is 0 Å². The van der Waals surface area contributed by atoms with Gasteiger partial charge in [0.25, 0.3) is 0 Å². The lowest BCUT2D eigenvalue weighted by Crippen LogP contribution is -2.57. The van der Waals surface area contributed by atoms with Gasteiger partial charge in [-0.15, -0.1) is 0 Å². The lowest BCUT2D eigenvalue weighted by atomic mass is 10.0. The Hall–Kier alpha value is -0.120. The minimum atomic E-state index is 0.650. The number of hydrogen-bond acceptors (Lipinski definition) is 3. The molecule has 0 saturated carbocycles. The lowest BCUT2D eigenvalue weighted by Gasteiger charge is -2.44. The zero-order valence-corrected chi connectivity index (χ0v) is 10.7. The fourth-order valence-corrected chi connectivity index (χ4v) is 2.52. The van der Waals surface area contributed by atoms with E-state index in [0.717, 1.165) is 18.9 Å². The van der Waals surface area contributed by atoms with Gasteiger partial charge in [0.1, 0.15) is 0 Å². The van der Waals surface area contributed by atoms with Crippen molar-refractivity contribution >= 4 is 0 Å². The molecule has 0 radical (unpaired) electrons. The van der Waals surface area contributed by atoms with Crippen molar-refractivity contribution in [1.29, 1.82) is 0 Å². The van der Waals surface area contributed by atoms with Crippen molar-refractivity contribution in [3.05, 3.63) is 0 Å². The molecule has 0 aromatic heterocycles. The van der Waals surface area contributed by atoms with E-state index >= 15 is 0 Å². The zero-order chi connectivity index (χ0) is 11.4. The summed E-state index contributed by atoms with van der Waals surface area (Å²) in [6.07, 6.45) is 1.12. The first-order valence-corrected chi connectivity index (χ1v) is 6.19. The first-order chi connectivity index (χ1) is 7.04. The van der Waals surface area contributed by atoms with E-state index in [0.29, 0.717) is 12.1 Å². The van der Waals surface area contributed by atoms with E-state index in [9.17, 15) is 0 Å². The smallest absolute Gasteiger partial charge is 0.0235 e. The summed E-state index contributed by atoms with van der Waals surface area (Å²) in [5.41, 5.74) is 5.67. The van der Waals surface area contributed by atoms with Crippen molar-refractivity contribution in [2.45, 2.75) is 39.3 Å². The Bertz CT molecular complexity index is 182. The number of piperazine rings is 1. The lowest BCUT2D eigenvalue weighted by molar-refractivity contribution is 0.0426. The van der Waals surface area contributed by atoms with Crippen molar-refractivity contribution in [3.8, 4) is 0 Å². The average molecular weight is 213 g/mol. The maximum Gasteiger partial charge on any atom is 0.0235 e. The molecule has 1 saturated heterocycles. The predicted octanol–water partition coefficient (Wildman–Crippen LogP) is 0.996. The van der Waals surface area contributed by atoms with Gasteiger partial charge in [0.15, 0.2) is 0 Å². The average Bonchev–Trinajstić information content (AvgIpc) is 2.12. The molecule has 3 heteroatoms. The Balaban J connectivity index is 2.50. The molecule has 1 aliphatic heterocycles. The molecule has 1 rings (SSSR count). The Kier molecular flexibility index (Phi) is 5.03. The summed E-state index contributed by atoms with van der Waals surface area (Å²) in [4.78, 5) is 5.08. The summed E-state index contributed by atoms with van der Waals surface area (Å²) >= 11 is 0. The van der Waals surface area contributed by atoms with E-state index in [-0.39, 0.29) is 0 Å². The van der Waals surface area contributed by atoms with Crippen molar-refractivity contribution in [1.82, 2.24) is 9.80 Å². The summed E-state index contributed by atoms with van der Waals surface area (Å²) in [5, 5.41) is 0. The van der Waals surface area contributed by atoms with E-state index in [2.05, 4.69) is 37.6 Å². The molecule has 0 aromatic rings. The van der Waals surface area contributed by atoms with Crippen molar-refractivity contribution in [2.24, 2.45) is 11.7 Å². The molecule has 90 valence electrons. The molecule has 15 heavy (non-hydrogen) atoms. The molecule has 1 fully saturated rings. The summed E-state index contributed by atoms with van der Waals surface area (Å²) in [6.45, 7) is 11.3. The molecule has 3 nitrogen and oxygen atoms in total. The standard InChI is InChI=1S/C12H27N3/c1-10(2)7-15-8-11(3)14(4)12(9-15)5-6-13/h10-12H,5-9,13H2,1-4H3. The van der Waals surface area contributed by atoms with Crippen LogP contribution in [0, 0.1) is 5.92 Å². The molecule has 0 bridgehead atoms. The topological polar surface area (TPSA) is 32.5 Å². The molecular weight excluding hydrogens is 186 g/mol. The van der Waals surface area contributed by atoms with Gasteiger partial charge in [-0.1, -0.05) is 13.8 Å². The molecular formula is C12H27N3. The van der Waals surface area contributed by atoms with E-state index in [1.807, 2.05) is 0 Å². The minimum Gasteiger partial charge on any atom is -0.330 e. The molecule has 0 aliphatic carbocycles. The van der Waals surface area contributed by atoms with Crippen LogP contribution in [0.5, 0.6) is 0 Å². The van der Waals surface area contributed by atoms with Crippen LogP contribution in [0.25, 0.3) is 0 Å². The van der Waals surface area contributed by atoms with Gasteiger partial charge in [-0.05, 0) is 32.9 Å². The van der Waals surface area contributed by atoms with Crippen LogP contribution in [-0.4, -0.2) is 55.1 Å². The van der Waals surface area contributed by atoms with Crippen molar-refractivity contribution in [2.75, 3.05) is 33.2 Å². The number of rotatable bonds is 4. The van der Waals surface area contributed by atoms with Crippen LogP contribution in [0.15, 0.2) is 0 Å². The second-order valence-electron chi connectivity index (χ2n) is 5.36. The van der Waals surface area contributed by atoms with Crippen LogP contribution >= 0.6 is 0 Å². The van der Waals surface area contributed by atoms with Crippen LogP contribution in [0.1, 0.15) is 27.2 Å². The first kappa shape index (κ1) is 12.9. The normalized spacial score (nSPS) is 30.0. The zero-order valence-electron chi connectivity index (χ0n) is 10.7. The minimum absolute atomic E-state index is 0.650. The fraction of sp³-hybridized carbons (Fsp3) is 1.00. The molecule has 1 aliphatic rings. The fourth-order valence-electron chi connectivity index (χ4n) is 2.52. The van der Waals surface area contributed by atoms with Crippen LogP contribution in [0.2, 0.25) is 0 Å². The highest BCUT2D eigenvalue weighted by atomic mass is 15.3.